The van der Waals surface area contributed by atoms with E-state index in [9.17, 15) is 9.18 Å². The molecule has 0 spiro atoms. The van der Waals surface area contributed by atoms with E-state index in [1.165, 1.54) is 17.7 Å². The van der Waals surface area contributed by atoms with E-state index in [1.807, 2.05) is 18.2 Å². The molecule has 5 rings (SSSR count). The molecule has 2 aliphatic rings. The first-order valence-electron chi connectivity index (χ1n) is 10.1. The highest BCUT2D eigenvalue weighted by Gasteiger charge is 2.27. The van der Waals surface area contributed by atoms with Crippen molar-refractivity contribution in [3.05, 3.63) is 76.6 Å². The molecule has 0 radical (unpaired) electrons. The maximum Gasteiger partial charge on any atom is 0.257 e. The molecule has 5 nitrogen and oxygen atoms in total. The van der Waals surface area contributed by atoms with Gasteiger partial charge in [-0.2, -0.15) is 0 Å². The minimum absolute atomic E-state index is 0.0807. The van der Waals surface area contributed by atoms with Crippen LogP contribution in [-0.2, 0) is 0 Å². The maximum absolute atomic E-state index is 13.1. The van der Waals surface area contributed by atoms with Crippen molar-refractivity contribution in [2.24, 2.45) is 0 Å². The molecule has 1 atom stereocenters. The Bertz CT molecular complexity index is 1110. The van der Waals surface area contributed by atoms with Gasteiger partial charge in [0.25, 0.3) is 5.56 Å². The average molecular weight is 390 g/mol. The van der Waals surface area contributed by atoms with E-state index in [1.54, 1.807) is 18.3 Å². The first-order chi connectivity index (χ1) is 14.2. The summed E-state index contributed by atoms with van der Waals surface area (Å²) in [6, 6.07) is 12.7. The van der Waals surface area contributed by atoms with Gasteiger partial charge in [0, 0.05) is 49.8 Å². The van der Waals surface area contributed by atoms with E-state index < -0.39 is 0 Å². The Morgan fingerprint density at radius 3 is 2.66 bits per heavy atom. The monoisotopic (exact) mass is 390 g/mol. The van der Waals surface area contributed by atoms with Crippen LogP contribution in [0.15, 0.2) is 59.5 Å². The number of anilines is 1. The van der Waals surface area contributed by atoms with Gasteiger partial charge in [-0.1, -0.05) is 6.08 Å². The number of nitrogens with zero attached hydrogens (tertiary/aromatic N) is 3. The fourth-order valence-electron chi connectivity index (χ4n) is 4.44. The summed E-state index contributed by atoms with van der Waals surface area (Å²) in [6.45, 7) is 3.81. The Balaban J connectivity index is 1.29. The van der Waals surface area contributed by atoms with Crippen LogP contribution in [0.1, 0.15) is 18.5 Å². The van der Waals surface area contributed by atoms with Gasteiger partial charge in [-0.05, 0) is 60.9 Å². The van der Waals surface area contributed by atoms with E-state index in [-0.39, 0.29) is 11.4 Å². The van der Waals surface area contributed by atoms with Gasteiger partial charge >= 0.3 is 0 Å². The van der Waals surface area contributed by atoms with Crippen LogP contribution in [0.2, 0.25) is 0 Å². The van der Waals surface area contributed by atoms with Gasteiger partial charge in [0.15, 0.2) is 0 Å². The number of rotatable bonds is 3. The van der Waals surface area contributed by atoms with Crippen LogP contribution in [0, 0.1) is 5.82 Å². The van der Waals surface area contributed by atoms with E-state index in [4.69, 9.17) is 0 Å². The molecule has 148 valence electrons. The number of halogens is 1. The van der Waals surface area contributed by atoms with Crippen LogP contribution in [0.4, 0.5) is 10.1 Å². The van der Waals surface area contributed by atoms with E-state index >= 15 is 0 Å². The molecular formula is C23H23FN4O. The average Bonchev–Trinajstić information content (AvgIpc) is 3.25. The quantitative estimate of drug-likeness (QED) is 0.745. The Morgan fingerprint density at radius 1 is 1.07 bits per heavy atom. The smallest absolute Gasteiger partial charge is 0.257 e. The number of hydrogen-bond acceptors (Lipinski definition) is 4. The second-order valence-electron chi connectivity index (χ2n) is 7.75. The highest BCUT2D eigenvalue weighted by Crippen LogP contribution is 2.31. The number of hydrogen-bond donors (Lipinski definition) is 1. The molecule has 0 bridgehead atoms. The van der Waals surface area contributed by atoms with Crippen molar-refractivity contribution in [1.29, 1.82) is 0 Å². The molecular weight excluding hydrogens is 367 g/mol. The molecule has 1 saturated heterocycles. The SMILES string of the molecule is O=c1[nH]c(C2=C[C@H](N3CCN(c4ccc(F)cc4)CC3)CC2)cc2ncccc12. The number of benzene rings is 1. The summed E-state index contributed by atoms with van der Waals surface area (Å²) in [5, 5.41) is 0.628. The second-order valence-corrected chi connectivity index (χ2v) is 7.75. The fraction of sp³-hybridized carbons (Fsp3) is 0.304. The number of allylic oxidation sites excluding steroid dienone is 1. The largest absolute Gasteiger partial charge is 0.369 e. The van der Waals surface area contributed by atoms with Crippen molar-refractivity contribution in [3.8, 4) is 0 Å². The van der Waals surface area contributed by atoms with E-state index in [0.29, 0.717) is 11.4 Å². The van der Waals surface area contributed by atoms with Crippen molar-refractivity contribution >= 4 is 22.2 Å². The zero-order valence-electron chi connectivity index (χ0n) is 16.1. The zero-order chi connectivity index (χ0) is 19.8. The lowest BCUT2D eigenvalue weighted by atomic mass is 10.1. The highest BCUT2D eigenvalue weighted by molar-refractivity contribution is 5.81. The number of aromatic nitrogens is 2. The van der Waals surface area contributed by atoms with Crippen molar-refractivity contribution in [1.82, 2.24) is 14.9 Å². The standard InChI is InChI=1S/C23H23FN4O/c24-17-4-7-18(8-5-17)27-10-12-28(13-11-27)19-6-3-16(14-19)21-15-22-20(23(29)26-21)2-1-9-25-22/h1-2,4-5,7-9,14-15,19H,3,6,10-13H2,(H,26,29)/t19-/m1/s1. The van der Waals surface area contributed by atoms with Gasteiger partial charge in [-0.15, -0.1) is 0 Å². The summed E-state index contributed by atoms with van der Waals surface area (Å²) in [5.41, 5.74) is 3.82. The molecule has 1 aliphatic carbocycles. The van der Waals surface area contributed by atoms with Crippen molar-refractivity contribution < 1.29 is 4.39 Å². The summed E-state index contributed by atoms with van der Waals surface area (Å²) >= 11 is 0. The third-order valence-electron chi connectivity index (χ3n) is 6.04. The Morgan fingerprint density at radius 2 is 1.86 bits per heavy atom. The molecule has 0 unspecified atom stereocenters. The number of nitrogens with one attached hydrogen (secondary N) is 1. The Hall–Kier alpha value is -2.99. The molecule has 1 N–H and O–H groups in total. The van der Waals surface area contributed by atoms with Gasteiger partial charge in [-0.3, -0.25) is 14.7 Å². The third kappa shape index (κ3) is 3.56. The molecule has 29 heavy (non-hydrogen) atoms. The topological polar surface area (TPSA) is 52.2 Å². The van der Waals surface area contributed by atoms with Gasteiger partial charge in [-0.25, -0.2) is 4.39 Å². The predicted molar refractivity (Wildman–Crippen MR) is 114 cm³/mol. The second kappa shape index (κ2) is 7.44. The van der Waals surface area contributed by atoms with E-state index in [2.05, 4.69) is 25.8 Å². The summed E-state index contributed by atoms with van der Waals surface area (Å²) in [6.07, 6.45) is 6.04. The zero-order valence-corrected chi connectivity index (χ0v) is 16.1. The van der Waals surface area contributed by atoms with Crippen LogP contribution in [-0.4, -0.2) is 47.1 Å². The lowest BCUT2D eigenvalue weighted by Gasteiger charge is -2.38. The predicted octanol–water partition coefficient (Wildman–Crippen LogP) is 3.43. The molecule has 1 fully saturated rings. The number of H-pyrrole nitrogens is 1. The van der Waals surface area contributed by atoms with Gasteiger partial charge in [0.2, 0.25) is 0 Å². The third-order valence-corrected chi connectivity index (χ3v) is 6.04. The summed E-state index contributed by atoms with van der Waals surface area (Å²) < 4.78 is 13.1. The van der Waals surface area contributed by atoms with Crippen LogP contribution < -0.4 is 10.5 Å². The lowest BCUT2D eigenvalue weighted by molar-refractivity contribution is 0.214. The maximum atomic E-state index is 13.1. The number of pyridine rings is 2. The normalized spacial score (nSPS) is 20.2. The van der Waals surface area contributed by atoms with Gasteiger partial charge < -0.3 is 9.88 Å². The number of fused-ring (bicyclic) bond motifs is 1. The number of aromatic amines is 1. The minimum Gasteiger partial charge on any atom is -0.369 e. The Labute approximate surface area is 168 Å². The lowest BCUT2D eigenvalue weighted by Crippen LogP contribution is -2.49. The molecule has 1 aromatic carbocycles. The fourth-order valence-corrected chi connectivity index (χ4v) is 4.44. The minimum atomic E-state index is -0.196. The molecule has 3 heterocycles. The molecule has 6 heteroatoms. The van der Waals surface area contributed by atoms with Crippen molar-refractivity contribution in [2.75, 3.05) is 31.1 Å². The molecule has 0 saturated carbocycles. The summed E-state index contributed by atoms with van der Waals surface area (Å²) in [5.74, 6) is -0.196. The number of piperazine rings is 1. The highest BCUT2D eigenvalue weighted by atomic mass is 19.1. The van der Waals surface area contributed by atoms with Crippen LogP contribution in [0.5, 0.6) is 0 Å². The van der Waals surface area contributed by atoms with Crippen LogP contribution in [0.25, 0.3) is 16.5 Å². The Kier molecular flexibility index (Phi) is 4.64. The summed E-state index contributed by atoms with van der Waals surface area (Å²) in [7, 11) is 0. The van der Waals surface area contributed by atoms with Crippen LogP contribution >= 0.6 is 0 Å². The van der Waals surface area contributed by atoms with E-state index in [0.717, 1.165) is 55.9 Å². The molecule has 3 aromatic rings. The first-order valence-corrected chi connectivity index (χ1v) is 10.1. The van der Waals surface area contributed by atoms with Crippen LogP contribution in [0.3, 0.4) is 0 Å². The van der Waals surface area contributed by atoms with Crippen molar-refractivity contribution in [2.45, 2.75) is 18.9 Å². The summed E-state index contributed by atoms with van der Waals surface area (Å²) in [4.78, 5) is 24.5. The first kappa shape index (κ1) is 18.1. The molecule has 1 aliphatic heterocycles. The van der Waals surface area contributed by atoms with Crippen molar-refractivity contribution in [3.63, 3.8) is 0 Å². The molecule has 2 aromatic heterocycles. The molecule has 0 amide bonds. The van der Waals surface area contributed by atoms with Gasteiger partial charge in [0.1, 0.15) is 5.82 Å². The van der Waals surface area contributed by atoms with Gasteiger partial charge in [0.05, 0.1) is 10.9 Å².